The number of carbonyl (C=O) groups is 1. The summed E-state index contributed by atoms with van der Waals surface area (Å²) in [7, 11) is 3.02. The van der Waals surface area contributed by atoms with Crippen molar-refractivity contribution >= 4 is 45.3 Å². The molecule has 0 saturated heterocycles. The minimum Gasteiger partial charge on any atom is -0.326 e. The first-order chi connectivity index (χ1) is 12.8. The maximum Gasteiger partial charge on any atom is 0.332 e. The summed E-state index contributed by atoms with van der Waals surface area (Å²) in [5.41, 5.74) is 1.74. The zero-order valence-electron chi connectivity index (χ0n) is 15.3. The number of nitrogens with one attached hydrogen (secondary N) is 1. The Bertz CT molecular complexity index is 1140. The van der Waals surface area contributed by atoms with Crippen LogP contribution in [0.25, 0.3) is 11.2 Å². The van der Waals surface area contributed by atoms with E-state index in [1.54, 1.807) is 11.6 Å². The van der Waals surface area contributed by atoms with Crippen molar-refractivity contribution in [3.63, 3.8) is 0 Å². The number of hydrogen-bond acceptors (Lipinski definition) is 4. The lowest BCUT2D eigenvalue weighted by atomic mass is 10.2. The molecule has 0 aliphatic carbocycles. The first kappa shape index (κ1) is 19.3. The fourth-order valence-electron chi connectivity index (χ4n) is 2.96. The monoisotopic (exact) mass is 481 g/mol. The Balaban J connectivity index is 1.70. The number of carbonyl (C=O) groups excluding carboxylic acids is 1. The Kier molecular flexibility index (Phi) is 5.49. The van der Waals surface area contributed by atoms with E-state index in [1.807, 2.05) is 25.1 Å². The quantitative estimate of drug-likeness (QED) is 0.563. The van der Waals surface area contributed by atoms with Gasteiger partial charge in [0.2, 0.25) is 5.91 Å². The van der Waals surface area contributed by atoms with Gasteiger partial charge in [-0.25, -0.2) is 9.78 Å². The molecule has 0 saturated carbocycles. The van der Waals surface area contributed by atoms with E-state index in [-0.39, 0.29) is 11.5 Å². The third-order valence-corrected chi connectivity index (χ3v) is 5.15. The van der Waals surface area contributed by atoms with Gasteiger partial charge in [0.1, 0.15) is 0 Å². The van der Waals surface area contributed by atoms with Crippen LogP contribution in [0.4, 0.5) is 5.69 Å². The molecule has 0 fully saturated rings. The zero-order chi connectivity index (χ0) is 19.7. The highest BCUT2D eigenvalue weighted by molar-refractivity contribution is 14.1. The fraction of sp³-hybridized carbons (Fsp3) is 0.333. The maximum absolute atomic E-state index is 12.4. The summed E-state index contributed by atoms with van der Waals surface area (Å²) in [6.45, 7) is 2.42. The van der Waals surface area contributed by atoms with E-state index in [1.165, 1.54) is 17.9 Å². The number of nitrogens with zero attached hydrogens (tertiary/aromatic N) is 4. The molecular weight excluding hydrogens is 461 g/mol. The number of aryl methyl sites for hydroxylation is 3. The molecule has 0 spiro atoms. The van der Waals surface area contributed by atoms with Crippen LogP contribution in [0.5, 0.6) is 0 Å². The van der Waals surface area contributed by atoms with Crippen LogP contribution in [0.3, 0.4) is 0 Å². The van der Waals surface area contributed by atoms with Gasteiger partial charge in [0.05, 0.1) is 6.33 Å². The summed E-state index contributed by atoms with van der Waals surface area (Å²) in [5.74, 6) is -0.0796. The maximum atomic E-state index is 12.4. The standard InChI is InChI=1S/C18H20IN5O3/c1-11-9-12(19)6-7-13(11)21-14(25)5-4-8-24-10-20-16-15(24)17(26)23(3)18(27)22(16)2/h6-7,9-10H,4-5,8H2,1-3H3,(H,21,25). The van der Waals surface area contributed by atoms with Gasteiger partial charge < -0.3 is 9.88 Å². The molecule has 3 aromatic rings. The lowest BCUT2D eigenvalue weighted by molar-refractivity contribution is -0.116. The van der Waals surface area contributed by atoms with Gasteiger partial charge in [-0.05, 0) is 59.7 Å². The second-order valence-corrected chi connectivity index (χ2v) is 7.67. The third kappa shape index (κ3) is 3.82. The van der Waals surface area contributed by atoms with Crippen LogP contribution in [0.15, 0.2) is 34.1 Å². The van der Waals surface area contributed by atoms with Crippen molar-refractivity contribution in [2.75, 3.05) is 5.32 Å². The molecule has 0 aliphatic heterocycles. The van der Waals surface area contributed by atoms with Crippen molar-refractivity contribution in [2.24, 2.45) is 14.1 Å². The van der Waals surface area contributed by atoms with Gasteiger partial charge in [-0.3, -0.25) is 18.7 Å². The van der Waals surface area contributed by atoms with Crippen LogP contribution in [-0.4, -0.2) is 24.6 Å². The number of rotatable bonds is 5. The number of benzene rings is 1. The summed E-state index contributed by atoms with van der Waals surface area (Å²) < 4.78 is 5.22. The lowest BCUT2D eigenvalue weighted by Crippen LogP contribution is -2.37. The van der Waals surface area contributed by atoms with Crippen molar-refractivity contribution in [3.05, 3.63) is 54.5 Å². The molecule has 8 nitrogen and oxygen atoms in total. The minimum absolute atomic E-state index is 0.0796. The smallest absolute Gasteiger partial charge is 0.326 e. The molecule has 0 aliphatic rings. The predicted octanol–water partition coefficient (Wildman–Crippen LogP) is 1.77. The van der Waals surface area contributed by atoms with Crippen molar-refractivity contribution in [1.29, 1.82) is 0 Å². The molecule has 9 heteroatoms. The van der Waals surface area contributed by atoms with Crippen molar-refractivity contribution in [2.45, 2.75) is 26.3 Å². The number of fused-ring (bicyclic) bond motifs is 1. The van der Waals surface area contributed by atoms with Gasteiger partial charge in [-0.15, -0.1) is 0 Å². The van der Waals surface area contributed by atoms with E-state index in [0.29, 0.717) is 30.6 Å². The molecule has 2 heterocycles. The first-order valence-electron chi connectivity index (χ1n) is 8.46. The van der Waals surface area contributed by atoms with Gasteiger partial charge in [0.15, 0.2) is 11.2 Å². The number of hydrogen-bond donors (Lipinski definition) is 1. The molecule has 1 N–H and O–H groups in total. The van der Waals surface area contributed by atoms with E-state index >= 15 is 0 Å². The van der Waals surface area contributed by atoms with E-state index in [9.17, 15) is 14.4 Å². The molecule has 27 heavy (non-hydrogen) atoms. The highest BCUT2D eigenvalue weighted by Crippen LogP contribution is 2.18. The lowest BCUT2D eigenvalue weighted by Gasteiger charge is -2.09. The largest absolute Gasteiger partial charge is 0.332 e. The average Bonchev–Trinajstić information content (AvgIpc) is 3.04. The van der Waals surface area contributed by atoms with E-state index < -0.39 is 5.69 Å². The second kappa shape index (κ2) is 7.67. The Labute approximate surface area is 169 Å². The zero-order valence-corrected chi connectivity index (χ0v) is 17.5. The van der Waals surface area contributed by atoms with Crippen LogP contribution in [-0.2, 0) is 25.4 Å². The molecule has 1 amide bonds. The van der Waals surface area contributed by atoms with Crippen molar-refractivity contribution < 1.29 is 4.79 Å². The van der Waals surface area contributed by atoms with Gasteiger partial charge >= 0.3 is 5.69 Å². The molecule has 142 valence electrons. The molecule has 0 unspecified atom stereocenters. The SMILES string of the molecule is Cc1cc(I)ccc1NC(=O)CCCn1cnc2c1c(=O)n(C)c(=O)n2C. The Morgan fingerprint density at radius 1 is 1.22 bits per heavy atom. The van der Waals surface area contributed by atoms with Crippen LogP contribution in [0, 0.1) is 10.5 Å². The molecule has 0 atom stereocenters. The number of aromatic nitrogens is 4. The van der Waals surface area contributed by atoms with E-state index in [0.717, 1.165) is 19.4 Å². The molecule has 2 aromatic heterocycles. The summed E-state index contributed by atoms with van der Waals surface area (Å²) in [6.07, 6.45) is 2.40. The van der Waals surface area contributed by atoms with Crippen molar-refractivity contribution in [3.8, 4) is 0 Å². The molecule has 3 rings (SSSR count). The van der Waals surface area contributed by atoms with E-state index in [4.69, 9.17) is 0 Å². The normalized spacial score (nSPS) is 11.1. The van der Waals surface area contributed by atoms with Crippen molar-refractivity contribution in [1.82, 2.24) is 18.7 Å². The minimum atomic E-state index is -0.412. The summed E-state index contributed by atoms with van der Waals surface area (Å²) in [4.78, 5) is 40.7. The van der Waals surface area contributed by atoms with Crippen LogP contribution < -0.4 is 16.6 Å². The fourth-order valence-corrected chi connectivity index (χ4v) is 3.60. The topological polar surface area (TPSA) is 90.9 Å². The number of amides is 1. The van der Waals surface area contributed by atoms with E-state index in [2.05, 4.69) is 32.9 Å². The Morgan fingerprint density at radius 2 is 1.96 bits per heavy atom. The number of halogens is 1. The Morgan fingerprint density at radius 3 is 2.67 bits per heavy atom. The molecule has 1 aromatic carbocycles. The molecule has 0 radical (unpaired) electrons. The highest BCUT2D eigenvalue weighted by atomic mass is 127. The van der Waals surface area contributed by atoms with Gasteiger partial charge in [-0.2, -0.15) is 0 Å². The van der Waals surface area contributed by atoms with Crippen LogP contribution >= 0.6 is 22.6 Å². The van der Waals surface area contributed by atoms with Gasteiger partial charge in [-0.1, -0.05) is 0 Å². The summed E-state index contributed by atoms with van der Waals surface area (Å²) in [5, 5.41) is 2.91. The second-order valence-electron chi connectivity index (χ2n) is 6.43. The highest BCUT2D eigenvalue weighted by Gasteiger charge is 2.14. The van der Waals surface area contributed by atoms with Gasteiger partial charge in [0.25, 0.3) is 5.56 Å². The predicted molar refractivity (Wildman–Crippen MR) is 112 cm³/mol. The van der Waals surface area contributed by atoms with Crippen LogP contribution in [0.1, 0.15) is 18.4 Å². The number of imidazole rings is 1. The number of anilines is 1. The first-order valence-corrected chi connectivity index (χ1v) is 9.54. The summed E-state index contributed by atoms with van der Waals surface area (Å²) >= 11 is 2.23. The van der Waals surface area contributed by atoms with Crippen LogP contribution in [0.2, 0.25) is 0 Å². The summed E-state index contributed by atoms with van der Waals surface area (Å²) in [6, 6.07) is 5.84. The molecular formula is C18H20IN5O3. The Hall–Kier alpha value is -2.43. The third-order valence-electron chi connectivity index (χ3n) is 4.48. The molecule has 0 bridgehead atoms. The average molecular weight is 481 g/mol. The van der Waals surface area contributed by atoms with Gasteiger partial charge in [0, 0.05) is 36.3 Å².